The molecular formula is C21H36Cl2N2O2S2. The highest BCUT2D eigenvalue weighted by Gasteiger charge is 2.11. The highest BCUT2D eigenvalue weighted by Crippen LogP contribution is 2.32. The van der Waals surface area contributed by atoms with Crippen LogP contribution in [-0.2, 0) is 9.47 Å². The topological polar surface area (TPSA) is 24.9 Å². The third-order valence-electron chi connectivity index (χ3n) is 5.06. The number of nitrogens with zero attached hydrogens (tertiary/aromatic N) is 2. The van der Waals surface area contributed by atoms with Crippen LogP contribution in [0.25, 0.3) is 0 Å². The summed E-state index contributed by atoms with van der Waals surface area (Å²) in [6, 6.07) is 6.94. The molecule has 8 heteroatoms. The van der Waals surface area contributed by atoms with Crippen molar-refractivity contribution in [1.82, 2.24) is 9.80 Å². The van der Waals surface area contributed by atoms with Gasteiger partial charge in [0.2, 0.25) is 0 Å². The summed E-state index contributed by atoms with van der Waals surface area (Å²) in [6.07, 6.45) is 2.50. The van der Waals surface area contributed by atoms with Crippen molar-refractivity contribution in [2.45, 2.75) is 29.6 Å². The van der Waals surface area contributed by atoms with Gasteiger partial charge in [-0.25, -0.2) is 0 Å². The Morgan fingerprint density at radius 3 is 1.76 bits per heavy atom. The van der Waals surface area contributed by atoms with E-state index in [2.05, 4.69) is 34.9 Å². The molecule has 0 saturated carbocycles. The Bertz CT molecular complexity index is 557. The lowest BCUT2D eigenvalue weighted by molar-refractivity contribution is 0.0380. The molecule has 2 aliphatic rings. The van der Waals surface area contributed by atoms with Crippen molar-refractivity contribution in [3.05, 3.63) is 23.8 Å². The average molecular weight is 484 g/mol. The Balaban J connectivity index is 0.00000210. The van der Waals surface area contributed by atoms with E-state index in [1.165, 1.54) is 52.8 Å². The quantitative estimate of drug-likeness (QED) is 0.360. The van der Waals surface area contributed by atoms with E-state index in [9.17, 15) is 0 Å². The summed E-state index contributed by atoms with van der Waals surface area (Å²) in [5.74, 6) is 2.39. The molecule has 2 fully saturated rings. The van der Waals surface area contributed by atoms with E-state index in [4.69, 9.17) is 9.47 Å². The maximum atomic E-state index is 5.43. The van der Waals surface area contributed by atoms with Gasteiger partial charge < -0.3 is 9.47 Å². The highest BCUT2D eigenvalue weighted by molar-refractivity contribution is 8.02. The van der Waals surface area contributed by atoms with E-state index < -0.39 is 0 Å². The molecule has 2 heterocycles. The predicted molar refractivity (Wildman–Crippen MR) is 131 cm³/mol. The molecule has 0 atom stereocenters. The van der Waals surface area contributed by atoms with Gasteiger partial charge >= 0.3 is 0 Å². The number of thioether (sulfide) groups is 2. The molecule has 3 rings (SSSR count). The van der Waals surface area contributed by atoms with Crippen molar-refractivity contribution in [1.29, 1.82) is 0 Å². The molecule has 0 spiro atoms. The molecule has 0 bridgehead atoms. The zero-order chi connectivity index (χ0) is 18.7. The summed E-state index contributed by atoms with van der Waals surface area (Å²) in [4.78, 5) is 7.98. The minimum atomic E-state index is 0. The number of morpholine rings is 2. The molecule has 0 aliphatic carbocycles. The third kappa shape index (κ3) is 10.5. The molecule has 0 aromatic heterocycles. The fourth-order valence-corrected chi connectivity index (χ4v) is 5.62. The van der Waals surface area contributed by atoms with Gasteiger partial charge in [0.15, 0.2) is 0 Å². The maximum absolute atomic E-state index is 5.43. The smallest absolute Gasteiger partial charge is 0.0594 e. The Labute approximate surface area is 197 Å². The lowest BCUT2D eigenvalue weighted by atomic mass is 10.2. The molecule has 29 heavy (non-hydrogen) atoms. The molecule has 0 unspecified atom stereocenters. The van der Waals surface area contributed by atoms with Crippen LogP contribution in [0.15, 0.2) is 28.0 Å². The number of halogens is 2. The van der Waals surface area contributed by atoms with E-state index in [0.717, 1.165) is 52.6 Å². The van der Waals surface area contributed by atoms with Crippen molar-refractivity contribution in [2.24, 2.45) is 0 Å². The molecular weight excluding hydrogens is 447 g/mol. The third-order valence-corrected chi connectivity index (χ3v) is 7.49. The van der Waals surface area contributed by atoms with Crippen molar-refractivity contribution in [3.8, 4) is 0 Å². The largest absolute Gasteiger partial charge is 0.379 e. The van der Waals surface area contributed by atoms with E-state index in [1.807, 2.05) is 23.5 Å². The predicted octanol–water partition coefficient (Wildman–Crippen LogP) is 4.47. The van der Waals surface area contributed by atoms with Gasteiger partial charge in [-0.05, 0) is 62.1 Å². The van der Waals surface area contributed by atoms with Gasteiger partial charge in [0.25, 0.3) is 0 Å². The standard InChI is InChI=1S/C21H34N2O2S2.2ClH/c1-19-4-5-20(26-16-2-6-22-8-12-24-13-9-22)21(18-19)27-17-3-7-23-10-14-25-15-11-23;;/h4-5,18H,2-3,6-17H2,1H3;2*1H. The lowest BCUT2D eigenvalue weighted by Gasteiger charge is -2.26. The molecule has 4 nitrogen and oxygen atoms in total. The van der Waals surface area contributed by atoms with Crippen LogP contribution in [0.1, 0.15) is 18.4 Å². The van der Waals surface area contributed by atoms with Gasteiger partial charge in [-0.2, -0.15) is 0 Å². The summed E-state index contributed by atoms with van der Waals surface area (Å²) >= 11 is 4.05. The fraction of sp³-hybridized carbons (Fsp3) is 0.714. The molecule has 1 aromatic rings. The van der Waals surface area contributed by atoms with Gasteiger partial charge in [0.05, 0.1) is 26.4 Å². The van der Waals surface area contributed by atoms with Crippen LogP contribution in [-0.4, -0.2) is 87.0 Å². The first-order valence-corrected chi connectivity index (χ1v) is 12.2. The van der Waals surface area contributed by atoms with Crippen molar-refractivity contribution in [3.63, 3.8) is 0 Å². The molecule has 168 valence electrons. The van der Waals surface area contributed by atoms with Gasteiger partial charge in [0.1, 0.15) is 0 Å². The second-order valence-corrected chi connectivity index (χ2v) is 9.54. The van der Waals surface area contributed by atoms with E-state index in [0.29, 0.717) is 0 Å². The monoisotopic (exact) mass is 482 g/mol. The van der Waals surface area contributed by atoms with Crippen LogP contribution >= 0.6 is 48.3 Å². The Hall–Kier alpha value is 0.340. The molecule has 2 saturated heterocycles. The maximum Gasteiger partial charge on any atom is 0.0594 e. The fourth-order valence-electron chi connectivity index (χ4n) is 3.44. The van der Waals surface area contributed by atoms with Gasteiger partial charge in [-0.3, -0.25) is 9.80 Å². The van der Waals surface area contributed by atoms with Gasteiger partial charge in [-0.15, -0.1) is 48.3 Å². The Kier molecular flexibility index (Phi) is 15.1. The first kappa shape index (κ1) is 27.4. The minimum absolute atomic E-state index is 0. The van der Waals surface area contributed by atoms with Crippen molar-refractivity contribution in [2.75, 3.05) is 77.2 Å². The van der Waals surface area contributed by atoms with Crippen LogP contribution in [0.5, 0.6) is 0 Å². The number of hydrogen-bond acceptors (Lipinski definition) is 6. The zero-order valence-electron chi connectivity index (χ0n) is 17.5. The highest BCUT2D eigenvalue weighted by atomic mass is 35.5. The zero-order valence-corrected chi connectivity index (χ0v) is 20.7. The number of hydrogen-bond donors (Lipinski definition) is 0. The first-order chi connectivity index (χ1) is 13.3. The van der Waals surface area contributed by atoms with E-state index in [-0.39, 0.29) is 24.8 Å². The van der Waals surface area contributed by atoms with Crippen molar-refractivity contribution < 1.29 is 9.47 Å². The molecule has 0 radical (unpaired) electrons. The van der Waals surface area contributed by atoms with Gasteiger partial charge in [0, 0.05) is 36.0 Å². The molecule has 0 N–H and O–H groups in total. The number of ether oxygens (including phenoxy) is 2. The van der Waals surface area contributed by atoms with Crippen molar-refractivity contribution >= 4 is 48.3 Å². The molecule has 2 aliphatic heterocycles. The summed E-state index contributed by atoms with van der Waals surface area (Å²) in [5.41, 5.74) is 1.36. The summed E-state index contributed by atoms with van der Waals surface area (Å²) in [5, 5.41) is 0. The number of benzene rings is 1. The second-order valence-electron chi connectivity index (χ2n) is 7.26. The minimum Gasteiger partial charge on any atom is -0.379 e. The number of aryl methyl sites for hydroxylation is 1. The molecule has 0 amide bonds. The lowest BCUT2D eigenvalue weighted by Crippen LogP contribution is -2.37. The van der Waals surface area contributed by atoms with Crippen LogP contribution in [0.4, 0.5) is 0 Å². The Morgan fingerprint density at radius 2 is 1.24 bits per heavy atom. The summed E-state index contributed by atoms with van der Waals surface area (Å²) in [7, 11) is 0. The Morgan fingerprint density at radius 1 is 0.759 bits per heavy atom. The van der Waals surface area contributed by atoms with Gasteiger partial charge in [-0.1, -0.05) is 6.07 Å². The van der Waals surface area contributed by atoms with E-state index >= 15 is 0 Å². The summed E-state index contributed by atoms with van der Waals surface area (Å²) in [6.45, 7) is 12.6. The molecule has 1 aromatic carbocycles. The SMILES string of the molecule is Cc1ccc(SCCCN2CCOCC2)c(SCCCN2CCOCC2)c1.Cl.Cl. The van der Waals surface area contributed by atoms with E-state index in [1.54, 1.807) is 0 Å². The second kappa shape index (κ2) is 16.0. The average Bonchev–Trinajstić information content (AvgIpc) is 2.71. The number of rotatable bonds is 10. The van der Waals surface area contributed by atoms with Crippen LogP contribution in [0.3, 0.4) is 0 Å². The normalized spacial score (nSPS) is 18.1. The summed E-state index contributed by atoms with van der Waals surface area (Å²) < 4.78 is 10.9. The first-order valence-electron chi connectivity index (χ1n) is 10.3. The van der Waals surface area contributed by atoms with Crippen LogP contribution < -0.4 is 0 Å². The van der Waals surface area contributed by atoms with Crippen LogP contribution in [0.2, 0.25) is 0 Å². The van der Waals surface area contributed by atoms with Crippen LogP contribution in [0, 0.1) is 6.92 Å².